The number of non-ortho nitro benzene ring substituents is 1. The number of nitrogens with one attached hydrogen (secondary N) is 1. The monoisotopic (exact) mass is 342 g/mol. The number of hydrogen-bond donors (Lipinski definition) is 2. The molecule has 25 heavy (non-hydrogen) atoms. The van der Waals surface area contributed by atoms with Crippen LogP contribution in [0.1, 0.15) is 11.1 Å². The number of anilines is 1. The highest BCUT2D eigenvalue weighted by Gasteiger charge is 2.19. The molecular formula is C16H14N4O5. The molecule has 128 valence electrons. The molecule has 0 atom stereocenters. The van der Waals surface area contributed by atoms with E-state index >= 15 is 0 Å². The van der Waals surface area contributed by atoms with Gasteiger partial charge in [-0.25, -0.2) is 0 Å². The molecule has 0 aliphatic rings. The molecule has 0 bridgehead atoms. The van der Waals surface area contributed by atoms with E-state index in [1.165, 1.54) is 12.3 Å². The van der Waals surface area contributed by atoms with E-state index in [0.717, 1.165) is 12.1 Å². The summed E-state index contributed by atoms with van der Waals surface area (Å²) in [5.41, 5.74) is 2.67. The van der Waals surface area contributed by atoms with Crippen molar-refractivity contribution in [3.63, 3.8) is 0 Å². The number of nitrogens with zero attached hydrogens (tertiary/aromatic N) is 3. The third-order valence-corrected chi connectivity index (χ3v) is 3.29. The summed E-state index contributed by atoms with van der Waals surface area (Å²) in [6.45, 7) is 3.61. The van der Waals surface area contributed by atoms with Crippen LogP contribution in [0.25, 0.3) is 0 Å². The van der Waals surface area contributed by atoms with Crippen LogP contribution >= 0.6 is 0 Å². The van der Waals surface area contributed by atoms with Crippen molar-refractivity contribution in [2.75, 3.05) is 5.43 Å². The Hall–Kier alpha value is -3.75. The second-order valence-electron chi connectivity index (χ2n) is 4.93. The van der Waals surface area contributed by atoms with E-state index in [0.29, 0.717) is 17.5 Å². The molecule has 9 nitrogen and oxygen atoms in total. The van der Waals surface area contributed by atoms with Gasteiger partial charge in [0.15, 0.2) is 0 Å². The van der Waals surface area contributed by atoms with Crippen molar-refractivity contribution in [1.82, 2.24) is 0 Å². The van der Waals surface area contributed by atoms with E-state index in [-0.39, 0.29) is 11.4 Å². The lowest BCUT2D eigenvalue weighted by Gasteiger charge is -2.05. The highest BCUT2D eigenvalue weighted by molar-refractivity contribution is 5.85. The number of aromatic hydroxyl groups is 1. The van der Waals surface area contributed by atoms with E-state index in [2.05, 4.69) is 17.1 Å². The van der Waals surface area contributed by atoms with Crippen LogP contribution in [-0.2, 0) is 6.42 Å². The maximum atomic E-state index is 11.0. The normalized spacial score (nSPS) is 10.6. The van der Waals surface area contributed by atoms with Crippen molar-refractivity contribution in [1.29, 1.82) is 0 Å². The van der Waals surface area contributed by atoms with Gasteiger partial charge in [-0.05, 0) is 24.1 Å². The number of phenolic OH excluding ortho intramolecular Hbond substituents is 1. The van der Waals surface area contributed by atoms with Gasteiger partial charge < -0.3 is 5.11 Å². The van der Waals surface area contributed by atoms with Gasteiger partial charge in [0.05, 0.1) is 22.1 Å². The molecule has 0 aliphatic heterocycles. The van der Waals surface area contributed by atoms with Crippen molar-refractivity contribution in [3.8, 4) is 5.75 Å². The van der Waals surface area contributed by atoms with Gasteiger partial charge in [0, 0.05) is 11.6 Å². The van der Waals surface area contributed by atoms with Crippen molar-refractivity contribution in [3.05, 3.63) is 80.4 Å². The lowest BCUT2D eigenvalue weighted by molar-refractivity contribution is -0.393. The Kier molecular flexibility index (Phi) is 5.41. The van der Waals surface area contributed by atoms with Crippen LogP contribution in [0.4, 0.5) is 17.1 Å². The summed E-state index contributed by atoms with van der Waals surface area (Å²) in [4.78, 5) is 20.3. The quantitative estimate of drug-likeness (QED) is 0.343. The van der Waals surface area contributed by atoms with Gasteiger partial charge in [-0.15, -0.1) is 6.58 Å². The maximum Gasteiger partial charge on any atom is 0.301 e. The number of benzene rings is 2. The molecule has 0 unspecified atom stereocenters. The predicted molar refractivity (Wildman–Crippen MR) is 93.0 cm³/mol. The molecule has 0 aliphatic carbocycles. The third-order valence-electron chi connectivity index (χ3n) is 3.29. The van der Waals surface area contributed by atoms with E-state index < -0.39 is 21.2 Å². The summed E-state index contributed by atoms with van der Waals surface area (Å²) < 4.78 is 0. The van der Waals surface area contributed by atoms with E-state index in [9.17, 15) is 25.3 Å². The minimum atomic E-state index is -0.743. The lowest BCUT2D eigenvalue weighted by atomic mass is 10.1. The number of rotatable bonds is 7. The van der Waals surface area contributed by atoms with E-state index in [1.54, 1.807) is 24.3 Å². The molecule has 2 rings (SSSR count). The Bertz CT molecular complexity index is 864. The molecule has 0 heterocycles. The summed E-state index contributed by atoms with van der Waals surface area (Å²) in [6.07, 6.45) is 3.43. The summed E-state index contributed by atoms with van der Waals surface area (Å²) in [6, 6.07) is 8.27. The number of nitro benzene ring substituents is 2. The zero-order valence-corrected chi connectivity index (χ0v) is 13.0. The summed E-state index contributed by atoms with van der Waals surface area (Å²) >= 11 is 0. The number of nitro groups is 2. The predicted octanol–water partition coefficient (Wildman–Crippen LogP) is 3.38. The standard InChI is InChI=1S/C16H14N4O5/c1-2-4-11-5-3-6-12(16(11)21)10-17-18-14-8-7-13(19(22)23)9-15(14)20(24)25/h2-3,5-10,18,21H,1,4H2. The molecule has 0 radical (unpaired) electrons. The largest absolute Gasteiger partial charge is 0.507 e. The Morgan fingerprint density at radius 1 is 1.20 bits per heavy atom. The van der Waals surface area contributed by atoms with E-state index in [1.807, 2.05) is 0 Å². The van der Waals surface area contributed by atoms with Crippen LogP contribution in [0, 0.1) is 20.2 Å². The summed E-state index contributed by atoms with van der Waals surface area (Å²) in [5.74, 6) is 0.0335. The summed E-state index contributed by atoms with van der Waals surface area (Å²) in [7, 11) is 0. The molecule has 0 fully saturated rings. The molecular weight excluding hydrogens is 328 g/mol. The van der Waals surface area contributed by atoms with Gasteiger partial charge in [0.25, 0.3) is 5.69 Å². The molecule has 0 spiro atoms. The molecule has 0 saturated carbocycles. The van der Waals surface area contributed by atoms with Crippen molar-refractivity contribution < 1.29 is 15.0 Å². The van der Waals surface area contributed by atoms with Gasteiger partial charge >= 0.3 is 5.69 Å². The fourth-order valence-electron chi connectivity index (χ4n) is 2.09. The first-order valence-corrected chi connectivity index (χ1v) is 7.07. The first kappa shape index (κ1) is 17.6. The zero-order valence-electron chi connectivity index (χ0n) is 13.0. The van der Waals surface area contributed by atoms with Crippen LogP contribution in [0.3, 0.4) is 0 Å². The van der Waals surface area contributed by atoms with Crippen molar-refractivity contribution in [2.45, 2.75) is 6.42 Å². The Balaban J connectivity index is 2.25. The SMILES string of the molecule is C=CCc1cccc(C=NNc2ccc([N+](=O)[O-])cc2[N+](=O)[O-])c1O. The molecule has 9 heteroatoms. The molecule has 2 aromatic carbocycles. The van der Waals surface area contributed by atoms with Crippen molar-refractivity contribution >= 4 is 23.3 Å². The van der Waals surface area contributed by atoms with Gasteiger partial charge in [0.2, 0.25) is 0 Å². The molecule has 2 aromatic rings. The maximum absolute atomic E-state index is 11.0. The van der Waals surface area contributed by atoms with Crippen LogP contribution < -0.4 is 5.43 Å². The Morgan fingerprint density at radius 3 is 2.60 bits per heavy atom. The highest BCUT2D eigenvalue weighted by atomic mass is 16.6. The molecule has 0 saturated heterocycles. The second kappa shape index (κ2) is 7.68. The highest BCUT2D eigenvalue weighted by Crippen LogP contribution is 2.29. The van der Waals surface area contributed by atoms with Crippen LogP contribution in [0.2, 0.25) is 0 Å². The smallest absolute Gasteiger partial charge is 0.301 e. The van der Waals surface area contributed by atoms with E-state index in [4.69, 9.17) is 0 Å². The molecule has 2 N–H and O–H groups in total. The topological polar surface area (TPSA) is 131 Å². The lowest BCUT2D eigenvalue weighted by Crippen LogP contribution is -1.99. The average molecular weight is 342 g/mol. The Morgan fingerprint density at radius 2 is 1.96 bits per heavy atom. The first-order chi connectivity index (χ1) is 11.9. The number of para-hydroxylation sites is 1. The fraction of sp³-hybridized carbons (Fsp3) is 0.0625. The minimum Gasteiger partial charge on any atom is -0.507 e. The third kappa shape index (κ3) is 4.16. The summed E-state index contributed by atoms with van der Waals surface area (Å²) in [5, 5.41) is 35.7. The average Bonchev–Trinajstić information content (AvgIpc) is 2.58. The Labute approximate surface area is 142 Å². The van der Waals surface area contributed by atoms with Crippen LogP contribution in [0.5, 0.6) is 5.75 Å². The van der Waals surface area contributed by atoms with Gasteiger partial charge in [0.1, 0.15) is 11.4 Å². The zero-order chi connectivity index (χ0) is 18.4. The number of allylic oxidation sites excluding steroid dienone is 1. The fourth-order valence-corrected chi connectivity index (χ4v) is 2.09. The van der Waals surface area contributed by atoms with Gasteiger partial charge in [-0.1, -0.05) is 18.2 Å². The molecule has 0 aromatic heterocycles. The second-order valence-corrected chi connectivity index (χ2v) is 4.93. The van der Waals surface area contributed by atoms with Gasteiger partial charge in [-0.2, -0.15) is 5.10 Å². The van der Waals surface area contributed by atoms with Gasteiger partial charge in [-0.3, -0.25) is 25.7 Å². The van der Waals surface area contributed by atoms with Crippen LogP contribution in [-0.4, -0.2) is 21.2 Å². The first-order valence-electron chi connectivity index (χ1n) is 7.07. The van der Waals surface area contributed by atoms with Crippen molar-refractivity contribution in [2.24, 2.45) is 5.10 Å². The number of hydrogen-bond acceptors (Lipinski definition) is 7. The number of hydrazone groups is 1. The minimum absolute atomic E-state index is 0.00594. The molecule has 0 amide bonds. The van der Waals surface area contributed by atoms with Crippen LogP contribution in [0.15, 0.2) is 54.2 Å². The number of phenols is 1.